The molecule has 4 nitrogen and oxygen atoms in total. The van der Waals surface area contributed by atoms with Crippen molar-refractivity contribution in [1.82, 2.24) is 5.32 Å². The Kier molecular flexibility index (Phi) is 3.99. The van der Waals surface area contributed by atoms with E-state index in [9.17, 15) is 4.79 Å². The summed E-state index contributed by atoms with van der Waals surface area (Å²) in [5.41, 5.74) is 9.25. The Morgan fingerprint density at radius 3 is 2.94 bits per heavy atom. The molecule has 1 aliphatic rings. The number of rotatable bonds is 4. The minimum Gasteiger partial charge on any atom is -0.327 e. The third kappa shape index (κ3) is 2.89. The molecule has 2 rings (SSSR count). The van der Waals surface area contributed by atoms with Crippen molar-refractivity contribution in [3.8, 4) is 0 Å². The van der Waals surface area contributed by atoms with Crippen LogP contribution in [0.2, 0.25) is 0 Å². The second kappa shape index (κ2) is 5.50. The minimum atomic E-state index is 0.173. The van der Waals surface area contributed by atoms with Gasteiger partial charge in [-0.3, -0.25) is 4.79 Å². The largest absolute Gasteiger partial charge is 0.327 e. The van der Waals surface area contributed by atoms with Crippen LogP contribution in [0.3, 0.4) is 0 Å². The van der Waals surface area contributed by atoms with Gasteiger partial charge in [-0.15, -0.1) is 0 Å². The fourth-order valence-corrected chi connectivity index (χ4v) is 2.26. The molecule has 0 aliphatic carbocycles. The maximum atomic E-state index is 11.6. The van der Waals surface area contributed by atoms with E-state index >= 15 is 0 Å². The van der Waals surface area contributed by atoms with Gasteiger partial charge in [0.1, 0.15) is 0 Å². The van der Waals surface area contributed by atoms with Crippen LogP contribution in [0.15, 0.2) is 18.2 Å². The van der Waals surface area contributed by atoms with Gasteiger partial charge < -0.3 is 16.0 Å². The van der Waals surface area contributed by atoms with Crippen LogP contribution in [0.1, 0.15) is 24.5 Å². The van der Waals surface area contributed by atoms with Gasteiger partial charge in [0.15, 0.2) is 0 Å². The lowest BCUT2D eigenvalue weighted by Gasteiger charge is -2.26. The maximum absolute atomic E-state index is 11.6. The van der Waals surface area contributed by atoms with Crippen molar-refractivity contribution in [1.29, 1.82) is 0 Å². The third-order valence-corrected chi connectivity index (χ3v) is 3.28. The average Bonchev–Trinajstić information content (AvgIpc) is 2.33. The van der Waals surface area contributed by atoms with Gasteiger partial charge in [-0.25, -0.2) is 0 Å². The molecule has 1 aliphatic heterocycles. The number of fused-ring (bicyclic) bond motifs is 1. The Bertz CT molecular complexity index is 443. The highest BCUT2D eigenvalue weighted by molar-refractivity contribution is 5.95. The second-order valence-electron chi connectivity index (χ2n) is 5.02. The van der Waals surface area contributed by atoms with Crippen molar-refractivity contribution in [2.45, 2.75) is 32.4 Å². The number of benzene rings is 1. The normalized spacial score (nSPS) is 16.6. The van der Waals surface area contributed by atoms with Gasteiger partial charge in [0.05, 0.1) is 0 Å². The number of amides is 1. The Balaban J connectivity index is 2.06. The van der Waals surface area contributed by atoms with E-state index in [-0.39, 0.29) is 11.9 Å². The molecule has 1 aromatic rings. The van der Waals surface area contributed by atoms with Crippen molar-refractivity contribution >= 4 is 11.6 Å². The van der Waals surface area contributed by atoms with Crippen LogP contribution in [0, 0.1) is 0 Å². The SMILES string of the molecule is CC(N)CNCc1ccc2c(c1)CCC(=O)N2C. The zero-order valence-electron chi connectivity index (χ0n) is 11.1. The molecule has 0 saturated heterocycles. The van der Waals surface area contributed by atoms with Crippen LogP contribution >= 0.6 is 0 Å². The molecule has 0 spiro atoms. The molecule has 1 atom stereocenters. The van der Waals surface area contributed by atoms with Gasteiger partial charge in [0, 0.05) is 38.3 Å². The fraction of sp³-hybridized carbons (Fsp3) is 0.500. The van der Waals surface area contributed by atoms with E-state index in [2.05, 4.69) is 17.4 Å². The second-order valence-corrected chi connectivity index (χ2v) is 5.02. The molecular weight excluding hydrogens is 226 g/mol. The van der Waals surface area contributed by atoms with E-state index in [0.717, 1.165) is 25.2 Å². The summed E-state index contributed by atoms with van der Waals surface area (Å²) in [6.07, 6.45) is 1.46. The molecule has 18 heavy (non-hydrogen) atoms. The molecule has 0 fully saturated rings. The number of nitrogens with zero attached hydrogens (tertiary/aromatic N) is 1. The minimum absolute atomic E-state index is 0.173. The maximum Gasteiger partial charge on any atom is 0.227 e. The lowest BCUT2D eigenvalue weighted by molar-refractivity contribution is -0.118. The van der Waals surface area contributed by atoms with Crippen LogP contribution < -0.4 is 16.0 Å². The molecule has 0 aromatic heterocycles. The topological polar surface area (TPSA) is 58.4 Å². The quantitative estimate of drug-likeness (QED) is 0.835. The Morgan fingerprint density at radius 1 is 1.44 bits per heavy atom. The molecule has 0 radical (unpaired) electrons. The van der Waals surface area contributed by atoms with Crippen LogP contribution in [0.25, 0.3) is 0 Å². The Morgan fingerprint density at radius 2 is 2.22 bits per heavy atom. The predicted octanol–water partition coefficient (Wildman–Crippen LogP) is 1.03. The number of carbonyl (C=O) groups excluding carboxylic acids is 1. The van der Waals surface area contributed by atoms with E-state index < -0.39 is 0 Å². The van der Waals surface area contributed by atoms with Crippen molar-refractivity contribution < 1.29 is 4.79 Å². The van der Waals surface area contributed by atoms with Crippen molar-refractivity contribution in [3.63, 3.8) is 0 Å². The molecule has 0 bridgehead atoms. The average molecular weight is 247 g/mol. The monoisotopic (exact) mass is 247 g/mol. The van der Waals surface area contributed by atoms with Gasteiger partial charge in [-0.05, 0) is 30.5 Å². The van der Waals surface area contributed by atoms with E-state index in [1.807, 2.05) is 20.0 Å². The summed E-state index contributed by atoms with van der Waals surface area (Å²) in [5.74, 6) is 0.199. The first kappa shape index (κ1) is 13.1. The van der Waals surface area contributed by atoms with Gasteiger partial charge in [-0.1, -0.05) is 12.1 Å². The lowest BCUT2D eigenvalue weighted by atomic mass is 9.99. The predicted molar refractivity (Wildman–Crippen MR) is 73.5 cm³/mol. The van der Waals surface area contributed by atoms with E-state index in [4.69, 9.17) is 5.73 Å². The molecular formula is C14H21N3O. The standard InChI is InChI=1S/C14H21N3O/c1-10(15)8-16-9-11-3-5-13-12(7-11)4-6-14(18)17(13)2/h3,5,7,10,16H,4,6,8-9,15H2,1-2H3. The summed E-state index contributed by atoms with van der Waals surface area (Å²) in [5, 5.41) is 3.32. The number of carbonyl (C=O) groups is 1. The summed E-state index contributed by atoms with van der Waals surface area (Å²) in [6, 6.07) is 6.47. The fourth-order valence-electron chi connectivity index (χ4n) is 2.26. The van der Waals surface area contributed by atoms with Crippen LogP contribution in [0.5, 0.6) is 0 Å². The smallest absolute Gasteiger partial charge is 0.227 e. The zero-order chi connectivity index (χ0) is 13.1. The number of nitrogens with one attached hydrogen (secondary N) is 1. The highest BCUT2D eigenvalue weighted by atomic mass is 16.2. The number of nitrogens with two attached hydrogens (primary N) is 1. The highest BCUT2D eigenvalue weighted by Crippen LogP contribution is 2.27. The third-order valence-electron chi connectivity index (χ3n) is 3.28. The summed E-state index contributed by atoms with van der Waals surface area (Å²) >= 11 is 0. The summed E-state index contributed by atoms with van der Waals surface area (Å²) in [6.45, 7) is 3.63. The lowest BCUT2D eigenvalue weighted by Crippen LogP contribution is -2.32. The molecule has 4 heteroatoms. The number of anilines is 1. The van der Waals surface area contributed by atoms with E-state index in [1.54, 1.807) is 4.90 Å². The highest BCUT2D eigenvalue weighted by Gasteiger charge is 2.20. The first-order valence-corrected chi connectivity index (χ1v) is 6.42. The van der Waals surface area contributed by atoms with E-state index in [0.29, 0.717) is 6.42 Å². The molecule has 1 heterocycles. The van der Waals surface area contributed by atoms with Crippen LogP contribution in [0.4, 0.5) is 5.69 Å². The Hall–Kier alpha value is -1.39. The molecule has 0 saturated carbocycles. The van der Waals surface area contributed by atoms with Crippen molar-refractivity contribution in [2.24, 2.45) is 5.73 Å². The summed E-state index contributed by atoms with van der Waals surface area (Å²) in [7, 11) is 1.84. The number of hydrogen-bond acceptors (Lipinski definition) is 3. The zero-order valence-corrected chi connectivity index (χ0v) is 11.1. The molecule has 1 unspecified atom stereocenters. The number of aryl methyl sites for hydroxylation is 1. The molecule has 1 amide bonds. The van der Waals surface area contributed by atoms with E-state index in [1.165, 1.54) is 11.1 Å². The number of hydrogen-bond donors (Lipinski definition) is 2. The van der Waals surface area contributed by atoms with Gasteiger partial charge in [0.25, 0.3) is 0 Å². The first-order chi connectivity index (χ1) is 8.58. The van der Waals surface area contributed by atoms with Crippen LogP contribution in [-0.4, -0.2) is 25.5 Å². The molecule has 1 aromatic carbocycles. The van der Waals surface area contributed by atoms with Crippen molar-refractivity contribution in [2.75, 3.05) is 18.5 Å². The van der Waals surface area contributed by atoms with Gasteiger partial charge >= 0.3 is 0 Å². The Labute approximate surface area is 108 Å². The van der Waals surface area contributed by atoms with Gasteiger partial charge in [0.2, 0.25) is 5.91 Å². The molecule has 3 N–H and O–H groups in total. The van der Waals surface area contributed by atoms with Crippen LogP contribution in [-0.2, 0) is 17.8 Å². The summed E-state index contributed by atoms with van der Waals surface area (Å²) < 4.78 is 0. The first-order valence-electron chi connectivity index (χ1n) is 6.42. The van der Waals surface area contributed by atoms with Crippen molar-refractivity contribution in [3.05, 3.63) is 29.3 Å². The summed E-state index contributed by atoms with van der Waals surface area (Å²) in [4.78, 5) is 13.3. The molecule has 98 valence electrons. The van der Waals surface area contributed by atoms with Gasteiger partial charge in [-0.2, -0.15) is 0 Å².